The molecule has 0 aliphatic rings. The molecule has 2 unspecified atom stereocenters. The Morgan fingerprint density at radius 3 is 2.35 bits per heavy atom. The fourth-order valence-electron chi connectivity index (χ4n) is 2.45. The summed E-state index contributed by atoms with van der Waals surface area (Å²) in [4.78, 5) is 0. The number of likely N-dealkylation sites (N-methyl/N-ethyl adjacent to an activating group) is 1. The molecule has 114 valence electrons. The third-order valence-corrected chi connectivity index (χ3v) is 5.60. The van der Waals surface area contributed by atoms with E-state index in [1.165, 1.54) is 5.56 Å². The molecule has 3 nitrogen and oxygen atoms in total. The van der Waals surface area contributed by atoms with E-state index in [0.717, 1.165) is 19.4 Å². The molecule has 2 atom stereocenters. The number of hydrogen-bond donors (Lipinski definition) is 1. The Labute approximate surface area is 123 Å². The van der Waals surface area contributed by atoms with Gasteiger partial charge in [-0.05, 0) is 30.9 Å². The van der Waals surface area contributed by atoms with Crippen LogP contribution in [0.15, 0.2) is 30.3 Å². The van der Waals surface area contributed by atoms with E-state index < -0.39 is 9.84 Å². The highest BCUT2D eigenvalue weighted by molar-refractivity contribution is 7.91. The van der Waals surface area contributed by atoms with Crippen molar-refractivity contribution in [1.29, 1.82) is 0 Å². The Hall–Kier alpha value is -0.870. The highest BCUT2D eigenvalue weighted by Gasteiger charge is 2.18. The van der Waals surface area contributed by atoms with Crippen LogP contribution in [0.5, 0.6) is 0 Å². The minimum atomic E-state index is -2.85. The molecule has 0 aliphatic heterocycles. The lowest BCUT2D eigenvalue weighted by Gasteiger charge is -2.25. The van der Waals surface area contributed by atoms with Crippen molar-refractivity contribution in [3.8, 4) is 0 Å². The van der Waals surface area contributed by atoms with Crippen LogP contribution < -0.4 is 5.32 Å². The summed E-state index contributed by atoms with van der Waals surface area (Å²) < 4.78 is 23.1. The Morgan fingerprint density at radius 2 is 1.80 bits per heavy atom. The van der Waals surface area contributed by atoms with Gasteiger partial charge in [-0.25, -0.2) is 8.42 Å². The van der Waals surface area contributed by atoms with Gasteiger partial charge in [0.1, 0.15) is 9.84 Å². The van der Waals surface area contributed by atoms with Gasteiger partial charge in [0.2, 0.25) is 0 Å². The van der Waals surface area contributed by atoms with Gasteiger partial charge in [-0.2, -0.15) is 0 Å². The van der Waals surface area contributed by atoms with Crippen LogP contribution in [0.25, 0.3) is 0 Å². The molecule has 0 heterocycles. The smallest absolute Gasteiger partial charge is 0.150 e. The van der Waals surface area contributed by atoms with Crippen LogP contribution in [0.1, 0.15) is 45.1 Å². The maximum absolute atomic E-state index is 11.6. The van der Waals surface area contributed by atoms with Crippen molar-refractivity contribution in [2.45, 2.75) is 45.6 Å². The number of nitrogens with one attached hydrogen (secondary N) is 1. The molecule has 1 aromatic carbocycles. The second-order valence-corrected chi connectivity index (χ2v) is 7.71. The first kappa shape index (κ1) is 17.2. The lowest BCUT2D eigenvalue weighted by atomic mass is 9.90. The summed E-state index contributed by atoms with van der Waals surface area (Å²) in [6, 6.07) is 10.7. The van der Waals surface area contributed by atoms with Gasteiger partial charge >= 0.3 is 0 Å². The molecule has 0 aromatic heterocycles. The van der Waals surface area contributed by atoms with Gasteiger partial charge < -0.3 is 5.32 Å². The summed E-state index contributed by atoms with van der Waals surface area (Å²) >= 11 is 0. The molecule has 1 aromatic rings. The average Bonchev–Trinajstić information content (AvgIpc) is 2.46. The first-order valence-electron chi connectivity index (χ1n) is 7.49. The maximum Gasteiger partial charge on any atom is 0.150 e. The molecular weight excluding hydrogens is 270 g/mol. The highest BCUT2D eigenvalue weighted by atomic mass is 32.2. The Balaban J connectivity index is 2.60. The number of sulfone groups is 1. The molecule has 1 N–H and O–H groups in total. The summed E-state index contributed by atoms with van der Waals surface area (Å²) in [5.74, 6) is 0.931. The van der Waals surface area contributed by atoms with E-state index in [9.17, 15) is 8.42 Å². The first-order valence-corrected chi connectivity index (χ1v) is 9.31. The molecule has 0 aliphatic carbocycles. The topological polar surface area (TPSA) is 46.2 Å². The summed E-state index contributed by atoms with van der Waals surface area (Å²) in [6.45, 7) is 6.91. The van der Waals surface area contributed by atoms with E-state index in [1.807, 2.05) is 6.07 Å². The summed E-state index contributed by atoms with van der Waals surface area (Å²) in [5.41, 5.74) is 1.30. The molecule has 0 fully saturated rings. The second-order valence-electron chi connectivity index (χ2n) is 5.24. The molecule has 0 radical (unpaired) electrons. The van der Waals surface area contributed by atoms with Crippen molar-refractivity contribution in [3.05, 3.63) is 35.9 Å². The van der Waals surface area contributed by atoms with Crippen LogP contribution in [-0.4, -0.2) is 32.5 Å². The van der Waals surface area contributed by atoms with Crippen molar-refractivity contribution < 1.29 is 8.42 Å². The van der Waals surface area contributed by atoms with E-state index in [1.54, 1.807) is 6.92 Å². The molecule has 4 heteroatoms. The van der Waals surface area contributed by atoms with Crippen LogP contribution in [0.3, 0.4) is 0 Å². The molecule has 0 saturated heterocycles. The van der Waals surface area contributed by atoms with Gasteiger partial charge in [0.05, 0.1) is 5.75 Å². The largest absolute Gasteiger partial charge is 0.314 e. The molecule has 0 spiro atoms. The van der Waals surface area contributed by atoms with E-state index in [2.05, 4.69) is 43.4 Å². The average molecular weight is 297 g/mol. The Kier molecular flexibility index (Phi) is 7.24. The van der Waals surface area contributed by atoms with E-state index in [4.69, 9.17) is 0 Å². The van der Waals surface area contributed by atoms with Gasteiger partial charge in [0.25, 0.3) is 0 Å². The summed E-state index contributed by atoms with van der Waals surface area (Å²) in [7, 11) is -2.85. The zero-order valence-corrected chi connectivity index (χ0v) is 13.6. The Bertz CT molecular complexity index is 471. The fourth-order valence-corrected chi connectivity index (χ4v) is 3.34. The van der Waals surface area contributed by atoms with Crippen LogP contribution in [0, 0.1) is 0 Å². The monoisotopic (exact) mass is 297 g/mol. The van der Waals surface area contributed by atoms with Gasteiger partial charge in [-0.1, -0.05) is 51.1 Å². The summed E-state index contributed by atoms with van der Waals surface area (Å²) in [6.07, 6.45) is 1.62. The molecule has 20 heavy (non-hydrogen) atoms. The third kappa shape index (κ3) is 5.63. The van der Waals surface area contributed by atoms with Crippen molar-refractivity contribution >= 4 is 9.84 Å². The summed E-state index contributed by atoms with van der Waals surface area (Å²) in [5, 5.41) is 3.49. The second kappa shape index (κ2) is 8.42. The standard InChI is InChI=1S/C16H27NO2S/c1-4-17-16(12-9-13-20(18,19)5-2)14(3)15-10-7-6-8-11-15/h6-8,10-11,14,16-17H,4-5,9,12-13H2,1-3H3. The van der Waals surface area contributed by atoms with Crippen molar-refractivity contribution in [2.24, 2.45) is 0 Å². The molecular formula is C16H27NO2S. The third-order valence-electron chi connectivity index (χ3n) is 3.81. The maximum atomic E-state index is 11.6. The molecule has 0 amide bonds. The highest BCUT2D eigenvalue weighted by Crippen LogP contribution is 2.22. The minimum Gasteiger partial charge on any atom is -0.314 e. The SMILES string of the molecule is CCNC(CCCS(=O)(=O)CC)C(C)c1ccccc1. The molecule has 0 saturated carbocycles. The quantitative estimate of drug-likeness (QED) is 0.762. The van der Waals surface area contributed by atoms with E-state index in [0.29, 0.717) is 17.7 Å². The number of rotatable bonds is 9. The van der Waals surface area contributed by atoms with Gasteiger partial charge in [-0.15, -0.1) is 0 Å². The lowest BCUT2D eigenvalue weighted by molar-refractivity contribution is 0.429. The van der Waals surface area contributed by atoms with E-state index in [-0.39, 0.29) is 5.75 Å². The van der Waals surface area contributed by atoms with Gasteiger partial charge in [0, 0.05) is 11.8 Å². The lowest BCUT2D eigenvalue weighted by Crippen LogP contribution is -2.34. The Morgan fingerprint density at radius 1 is 1.15 bits per heavy atom. The normalized spacial score (nSPS) is 14.9. The van der Waals surface area contributed by atoms with Crippen LogP contribution >= 0.6 is 0 Å². The van der Waals surface area contributed by atoms with Crippen LogP contribution in [-0.2, 0) is 9.84 Å². The predicted octanol–water partition coefficient (Wildman–Crippen LogP) is 2.98. The van der Waals surface area contributed by atoms with Crippen molar-refractivity contribution in [3.63, 3.8) is 0 Å². The molecule has 1 rings (SSSR count). The van der Waals surface area contributed by atoms with Crippen LogP contribution in [0.4, 0.5) is 0 Å². The first-order chi connectivity index (χ1) is 9.50. The van der Waals surface area contributed by atoms with Gasteiger partial charge in [0.15, 0.2) is 0 Å². The molecule has 0 bridgehead atoms. The van der Waals surface area contributed by atoms with Crippen molar-refractivity contribution in [2.75, 3.05) is 18.1 Å². The minimum absolute atomic E-state index is 0.243. The van der Waals surface area contributed by atoms with Crippen molar-refractivity contribution in [1.82, 2.24) is 5.32 Å². The fraction of sp³-hybridized carbons (Fsp3) is 0.625. The predicted molar refractivity (Wildman–Crippen MR) is 85.9 cm³/mol. The van der Waals surface area contributed by atoms with Gasteiger partial charge in [-0.3, -0.25) is 0 Å². The number of benzene rings is 1. The number of hydrogen-bond acceptors (Lipinski definition) is 3. The van der Waals surface area contributed by atoms with Crippen LogP contribution in [0.2, 0.25) is 0 Å². The zero-order chi connectivity index (χ0) is 15.0. The zero-order valence-electron chi connectivity index (χ0n) is 12.8. The van der Waals surface area contributed by atoms with E-state index >= 15 is 0 Å².